The normalized spacial score (nSPS) is 19.6. The Labute approximate surface area is 86.0 Å². The number of alkyl carbamates (subject to hydrolysis) is 1. The highest BCUT2D eigenvalue weighted by molar-refractivity contribution is 5.70. The predicted molar refractivity (Wildman–Crippen MR) is 50.2 cm³/mol. The van der Waals surface area contributed by atoms with Crippen LogP contribution in [0.2, 0.25) is 0 Å². The Hall–Kier alpha value is -1.78. The van der Waals surface area contributed by atoms with E-state index in [0.717, 1.165) is 0 Å². The first-order valence-corrected chi connectivity index (χ1v) is 4.48. The topological polar surface area (TPSA) is 47.6 Å². The van der Waals surface area contributed by atoms with Gasteiger partial charge in [0.25, 0.3) is 0 Å². The molecule has 1 fully saturated rings. The zero-order valence-electron chi connectivity index (χ0n) is 8.12. The number of carbonyl (C=O) groups excluding carboxylic acids is 1. The number of cyclic esters (lactones) is 1. The number of benzene rings is 1. The zero-order chi connectivity index (χ0) is 10.8. The molecule has 1 aliphatic heterocycles. The lowest BCUT2D eigenvalue weighted by molar-refractivity contribution is 0.139. The Balaban J connectivity index is 2.31. The minimum atomic E-state index is -0.466. The summed E-state index contributed by atoms with van der Waals surface area (Å²) in [7, 11) is 1.45. The van der Waals surface area contributed by atoms with Crippen molar-refractivity contribution in [2.24, 2.45) is 0 Å². The highest BCUT2D eigenvalue weighted by atomic mass is 19.1. The predicted octanol–water partition coefficient (Wildman–Crippen LogP) is 1.62. The van der Waals surface area contributed by atoms with Gasteiger partial charge in [-0.05, 0) is 12.1 Å². The Morgan fingerprint density at radius 1 is 1.60 bits per heavy atom. The number of carbonyl (C=O) groups is 1. The van der Waals surface area contributed by atoms with Gasteiger partial charge in [-0.15, -0.1) is 0 Å². The first-order valence-electron chi connectivity index (χ1n) is 4.48. The van der Waals surface area contributed by atoms with Crippen LogP contribution in [-0.2, 0) is 4.74 Å². The number of methoxy groups -OCH3 is 1. The average molecular weight is 211 g/mol. The largest absolute Gasteiger partial charge is 0.496 e. The number of rotatable bonds is 2. The minimum Gasteiger partial charge on any atom is -0.496 e. The number of ether oxygens (including phenoxy) is 2. The summed E-state index contributed by atoms with van der Waals surface area (Å²) < 4.78 is 22.9. The molecule has 80 valence electrons. The van der Waals surface area contributed by atoms with Crippen molar-refractivity contribution in [1.29, 1.82) is 0 Å². The van der Waals surface area contributed by atoms with Crippen LogP contribution in [0.25, 0.3) is 0 Å². The number of nitrogens with one attached hydrogen (secondary N) is 1. The standard InChI is InChI=1S/C10H10FNO3/c1-14-8-4-6(11)2-3-7(8)9-5-12-10(13)15-9/h2-4,9H,5H2,1H3,(H,12,13). The van der Waals surface area contributed by atoms with Crippen molar-refractivity contribution in [3.8, 4) is 5.75 Å². The summed E-state index contributed by atoms with van der Waals surface area (Å²) >= 11 is 0. The molecule has 1 unspecified atom stereocenters. The van der Waals surface area contributed by atoms with Crippen molar-refractivity contribution < 1.29 is 18.7 Å². The molecule has 4 nitrogen and oxygen atoms in total. The second kappa shape index (κ2) is 3.76. The molecular weight excluding hydrogens is 201 g/mol. The van der Waals surface area contributed by atoms with E-state index in [-0.39, 0.29) is 5.82 Å². The van der Waals surface area contributed by atoms with E-state index in [1.807, 2.05) is 0 Å². The Morgan fingerprint density at radius 3 is 3.00 bits per heavy atom. The number of hydrogen-bond acceptors (Lipinski definition) is 3. The summed E-state index contributed by atoms with van der Waals surface area (Å²) in [6.07, 6.45) is -0.876. The molecule has 0 aromatic heterocycles. The van der Waals surface area contributed by atoms with E-state index in [1.54, 1.807) is 6.07 Å². The molecule has 1 aromatic carbocycles. The van der Waals surface area contributed by atoms with Crippen molar-refractivity contribution in [2.75, 3.05) is 13.7 Å². The van der Waals surface area contributed by atoms with Crippen LogP contribution in [-0.4, -0.2) is 19.7 Å². The maximum atomic E-state index is 12.9. The molecule has 5 heteroatoms. The molecule has 1 atom stereocenters. The highest BCUT2D eigenvalue weighted by Crippen LogP contribution is 2.29. The van der Waals surface area contributed by atoms with Gasteiger partial charge in [-0.2, -0.15) is 0 Å². The van der Waals surface area contributed by atoms with Gasteiger partial charge >= 0.3 is 6.09 Å². The van der Waals surface area contributed by atoms with Crippen LogP contribution in [0.3, 0.4) is 0 Å². The van der Waals surface area contributed by atoms with Crippen molar-refractivity contribution in [3.05, 3.63) is 29.6 Å². The first kappa shape index (κ1) is 9.76. The summed E-state index contributed by atoms with van der Waals surface area (Å²) in [5.74, 6) is 0.00406. The van der Waals surface area contributed by atoms with Crippen molar-refractivity contribution >= 4 is 6.09 Å². The Bertz CT molecular complexity index is 394. The van der Waals surface area contributed by atoms with Gasteiger partial charge in [0.15, 0.2) is 0 Å². The minimum absolute atomic E-state index is 0.376. The van der Waals surface area contributed by atoms with Gasteiger partial charge in [0.2, 0.25) is 0 Å². The van der Waals surface area contributed by atoms with E-state index in [2.05, 4.69) is 5.32 Å². The number of halogens is 1. The van der Waals surface area contributed by atoms with Crippen LogP contribution in [0.15, 0.2) is 18.2 Å². The Kier molecular flexibility index (Phi) is 2.45. The fraction of sp³-hybridized carbons (Fsp3) is 0.300. The maximum absolute atomic E-state index is 12.9. The van der Waals surface area contributed by atoms with Crippen molar-refractivity contribution in [3.63, 3.8) is 0 Å². The fourth-order valence-corrected chi connectivity index (χ4v) is 1.51. The molecule has 1 saturated heterocycles. The van der Waals surface area contributed by atoms with Crippen LogP contribution in [0, 0.1) is 5.82 Å². The Morgan fingerprint density at radius 2 is 2.40 bits per heavy atom. The summed E-state index contributed by atoms with van der Waals surface area (Å²) in [5.41, 5.74) is 0.664. The summed E-state index contributed by atoms with van der Waals surface area (Å²) in [5, 5.41) is 2.52. The quantitative estimate of drug-likeness (QED) is 0.808. The number of hydrogen-bond donors (Lipinski definition) is 1. The van der Waals surface area contributed by atoms with E-state index < -0.39 is 12.2 Å². The van der Waals surface area contributed by atoms with Gasteiger partial charge in [0, 0.05) is 11.6 Å². The molecule has 2 rings (SSSR count). The van der Waals surface area contributed by atoms with Crippen molar-refractivity contribution in [1.82, 2.24) is 5.32 Å². The van der Waals surface area contributed by atoms with Crippen LogP contribution >= 0.6 is 0 Å². The molecule has 0 bridgehead atoms. The summed E-state index contributed by atoms with van der Waals surface area (Å²) in [4.78, 5) is 10.8. The monoisotopic (exact) mass is 211 g/mol. The summed E-state index contributed by atoms with van der Waals surface area (Å²) in [6.45, 7) is 0.376. The van der Waals surface area contributed by atoms with Crippen LogP contribution in [0.4, 0.5) is 9.18 Å². The molecule has 1 aromatic rings. The third kappa shape index (κ3) is 1.86. The molecule has 0 spiro atoms. The van der Waals surface area contributed by atoms with E-state index in [9.17, 15) is 9.18 Å². The van der Waals surface area contributed by atoms with Gasteiger partial charge in [0.05, 0.1) is 13.7 Å². The molecule has 0 radical (unpaired) electrons. The van der Waals surface area contributed by atoms with Crippen molar-refractivity contribution in [2.45, 2.75) is 6.10 Å². The van der Waals surface area contributed by atoms with Gasteiger partial charge in [-0.1, -0.05) is 0 Å². The lowest BCUT2D eigenvalue weighted by Crippen LogP contribution is -2.12. The van der Waals surface area contributed by atoms with E-state index in [4.69, 9.17) is 9.47 Å². The lowest BCUT2D eigenvalue weighted by atomic mass is 10.1. The molecule has 1 N–H and O–H groups in total. The van der Waals surface area contributed by atoms with Gasteiger partial charge < -0.3 is 14.8 Å². The molecule has 0 saturated carbocycles. The molecule has 1 amide bonds. The van der Waals surface area contributed by atoms with E-state index in [1.165, 1.54) is 19.2 Å². The van der Waals surface area contributed by atoms with E-state index in [0.29, 0.717) is 17.9 Å². The van der Waals surface area contributed by atoms with Crippen LogP contribution < -0.4 is 10.1 Å². The van der Waals surface area contributed by atoms with Gasteiger partial charge in [0.1, 0.15) is 17.7 Å². The first-order chi connectivity index (χ1) is 7.20. The lowest BCUT2D eigenvalue weighted by Gasteiger charge is -2.12. The molecular formula is C10H10FNO3. The summed E-state index contributed by atoms with van der Waals surface area (Å²) in [6, 6.07) is 4.13. The fourth-order valence-electron chi connectivity index (χ4n) is 1.51. The average Bonchev–Trinajstić information content (AvgIpc) is 2.64. The maximum Gasteiger partial charge on any atom is 0.407 e. The third-order valence-electron chi connectivity index (χ3n) is 2.22. The molecule has 1 aliphatic rings. The van der Waals surface area contributed by atoms with Crippen LogP contribution in [0.5, 0.6) is 5.75 Å². The molecule has 1 heterocycles. The van der Waals surface area contributed by atoms with E-state index >= 15 is 0 Å². The second-order valence-corrected chi connectivity index (χ2v) is 3.16. The zero-order valence-corrected chi connectivity index (χ0v) is 8.12. The smallest absolute Gasteiger partial charge is 0.407 e. The highest BCUT2D eigenvalue weighted by Gasteiger charge is 2.26. The SMILES string of the molecule is COc1cc(F)ccc1C1CNC(=O)O1. The van der Waals surface area contributed by atoms with Crippen LogP contribution in [0.1, 0.15) is 11.7 Å². The molecule has 0 aliphatic carbocycles. The van der Waals surface area contributed by atoms with Gasteiger partial charge in [-0.3, -0.25) is 0 Å². The van der Waals surface area contributed by atoms with Gasteiger partial charge in [-0.25, -0.2) is 9.18 Å². The third-order valence-corrected chi connectivity index (χ3v) is 2.22. The number of amides is 1. The second-order valence-electron chi connectivity index (χ2n) is 3.16. The molecule has 15 heavy (non-hydrogen) atoms.